The number of benzene rings is 5. The fraction of sp³-hybridized carbons (Fsp3) is 0.135. The Bertz CT molecular complexity index is 1760. The van der Waals surface area contributed by atoms with Crippen LogP contribution in [0.5, 0.6) is 0 Å². The molecule has 0 bridgehead atoms. The van der Waals surface area contributed by atoms with Crippen LogP contribution in [0.2, 0.25) is 15.1 Å². The van der Waals surface area contributed by atoms with Crippen molar-refractivity contribution in [3.63, 3.8) is 0 Å². The van der Waals surface area contributed by atoms with E-state index in [0.29, 0.717) is 5.02 Å². The van der Waals surface area contributed by atoms with Gasteiger partial charge in [0.2, 0.25) is 11.1 Å². The van der Waals surface area contributed by atoms with Gasteiger partial charge in [-0.3, -0.25) is 9.59 Å². The second kappa shape index (κ2) is 20.9. The minimum Gasteiger partial charge on any atom is -0.398 e. The number of anilines is 2. The molecule has 0 fully saturated rings. The molecule has 10 heteroatoms. The second-order valence-electron chi connectivity index (χ2n) is 10.1. The molecule has 0 atom stereocenters. The van der Waals surface area contributed by atoms with Crippen LogP contribution in [-0.2, 0) is 9.59 Å². The first-order chi connectivity index (χ1) is 22.3. The Balaban J connectivity index is 0.000000242. The summed E-state index contributed by atoms with van der Waals surface area (Å²) in [7, 11) is 0. The Kier molecular flexibility index (Phi) is 17.8. The zero-order chi connectivity index (χ0) is 34.9. The normalized spacial score (nSPS) is 9.81. The van der Waals surface area contributed by atoms with E-state index in [2.05, 4.69) is 11.4 Å². The molecule has 0 aromatic heterocycles. The SMILES string of the molecule is Cc1ccc(N)c(-c2cccc(Cl)c2)c1.Cc1ccc(NC(=O)CCl)c(-c2cccc(Cl)c2)c1.Cc1cccc(Cl)c1.O=C(Cl)CCl. The van der Waals surface area contributed by atoms with Gasteiger partial charge in [-0.2, -0.15) is 0 Å². The van der Waals surface area contributed by atoms with Crippen molar-refractivity contribution >= 4 is 92.1 Å². The van der Waals surface area contributed by atoms with Gasteiger partial charge in [0.15, 0.2) is 0 Å². The number of aryl methyl sites for hydroxylation is 3. The zero-order valence-corrected chi connectivity index (χ0v) is 30.5. The number of amides is 1. The van der Waals surface area contributed by atoms with Crippen LogP contribution in [0.25, 0.3) is 22.3 Å². The number of alkyl halides is 2. The van der Waals surface area contributed by atoms with Crippen LogP contribution in [0.4, 0.5) is 11.4 Å². The Morgan fingerprint density at radius 3 is 1.49 bits per heavy atom. The first-order valence-electron chi connectivity index (χ1n) is 14.1. The molecule has 0 aliphatic heterocycles. The van der Waals surface area contributed by atoms with Gasteiger partial charge < -0.3 is 11.1 Å². The van der Waals surface area contributed by atoms with Crippen molar-refractivity contribution in [2.24, 2.45) is 0 Å². The molecule has 1 amide bonds. The number of carbonyl (C=O) groups excluding carboxylic acids is 2. The number of hydrogen-bond donors (Lipinski definition) is 2. The molecule has 246 valence electrons. The Hall–Kier alpha value is -3.22. The highest BCUT2D eigenvalue weighted by Gasteiger charge is 2.09. The van der Waals surface area contributed by atoms with Crippen molar-refractivity contribution in [1.82, 2.24) is 0 Å². The Morgan fingerprint density at radius 1 is 0.596 bits per heavy atom. The molecule has 0 unspecified atom stereocenters. The monoisotopic (exact) mass is 748 g/mol. The van der Waals surface area contributed by atoms with Gasteiger partial charge in [0.25, 0.3) is 0 Å². The molecule has 5 rings (SSSR count). The minimum absolute atomic E-state index is 0.0666. The van der Waals surface area contributed by atoms with Gasteiger partial charge in [0.1, 0.15) is 5.88 Å². The number of rotatable bonds is 5. The summed E-state index contributed by atoms with van der Waals surface area (Å²) in [6.45, 7) is 6.07. The van der Waals surface area contributed by atoms with Crippen molar-refractivity contribution in [1.29, 1.82) is 0 Å². The highest BCUT2D eigenvalue weighted by atomic mass is 35.5. The van der Waals surface area contributed by atoms with Gasteiger partial charge in [-0.15, -0.1) is 23.2 Å². The van der Waals surface area contributed by atoms with Crippen molar-refractivity contribution < 1.29 is 9.59 Å². The summed E-state index contributed by atoms with van der Waals surface area (Å²) < 4.78 is 0. The average Bonchev–Trinajstić information content (AvgIpc) is 3.03. The predicted octanol–water partition coefficient (Wildman–Crippen LogP) is 12.0. The number of nitrogens with one attached hydrogen (secondary N) is 1. The highest BCUT2D eigenvalue weighted by Crippen LogP contribution is 2.31. The van der Waals surface area contributed by atoms with Gasteiger partial charge >= 0.3 is 0 Å². The zero-order valence-electron chi connectivity index (χ0n) is 26.0. The van der Waals surface area contributed by atoms with E-state index in [0.717, 1.165) is 49.2 Å². The van der Waals surface area contributed by atoms with Crippen LogP contribution >= 0.6 is 69.6 Å². The number of nitrogen functional groups attached to an aromatic ring is 1. The lowest BCUT2D eigenvalue weighted by molar-refractivity contribution is -0.114. The lowest BCUT2D eigenvalue weighted by Gasteiger charge is -2.12. The van der Waals surface area contributed by atoms with E-state index in [9.17, 15) is 9.59 Å². The van der Waals surface area contributed by atoms with E-state index in [1.807, 2.05) is 124 Å². The van der Waals surface area contributed by atoms with Crippen molar-refractivity contribution in [2.75, 3.05) is 22.8 Å². The molecular formula is C37H34Cl6N2O2. The van der Waals surface area contributed by atoms with Gasteiger partial charge in [-0.1, -0.05) is 94.5 Å². The number of carbonyl (C=O) groups is 2. The lowest BCUT2D eigenvalue weighted by Crippen LogP contribution is -2.13. The van der Waals surface area contributed by atoms with Crippen LogP contribution in [0, 0.1) is 20.8 Å². The molecule has 5 aromatic carbocycles. The maximum atomic E-state index is 11.4. The van der Waals surface area contributed by atoms with E-state index in [-0.39, 0.29) is 17.7 Å². The first-order valence-corrected chi connectivity index (χ1v) is 16.7. The molecule has 47 heavy (non-hydrogen) atoms. The molecule has 0 radical (unpaired) electrons. The lowest BCUT2D eigenvalue weighted by atomic mass is 10.0. The maximum Gasteiger partial charge on any atom is 0.239 e. The molecule has 0 saturated heterocycles. The molecule has 0 heterocycles. The third-order valence-electron chi connectivity index (χ3n) is 6.14. The van der Waals surface area contributed by atoms with Gasteiger partial charge in [-0.25, -0.2) is 0 Å². The summed E-state index contributed by atoms with van der Waals surface area (Å²) in [5, 5.41) is 4.48. The topological polar surface area (TPSA) is 72.2 Å². The van der Waals surface area contributed by atoms with Gasteiger partial charge in [-0.05, 0) is 110 Å². The fourth-order valence-corrected chi connectivity index (χ4v) is 4.72. The van der Waals surface area contributed by atoms with Crippen molar-refractivity contribution in [2.45, 2.75) is 20.8 Å². The molecule has 5 aromatic rings. The van der Waals surface area contributed by atoms with Crippen LogP contribution < -0.4 is 11.1 Å². The number of nitrogens with two attached hydrogens (primary N) is 1. The molecule has 4 nitrogen and oxygen atoms in total. The van der Waals surface area contributed by atoms with E-state index >= 15 is 0 Å². The molecule has 3 N–H and O–H groups in total. The molecule has 0 aliphatic rings. The summed E-state index contributed by atoms with van der Waals surface area (Å²) in [5.74, 6) is -0.390. The van der Waals surface area contributed by atoms with Crippen LogP contribution in [-0.4, -0.2) is 22.9 Å². The van der Waals surface area contributed by atoms with Gasteiger partial charge in [0, 0.05) is 37.6 Å². The first kappa shape index (κ1) is 40.0. The molecule has 0 saturated carbocycles. The highest BCUT2D eigenvalue weighted by molar-refractivity contribution is 6.67. The average molecular weight is 751 g/mol. The smallest absolute Gasteiger partial charge is 0.239 e. The molecule has 0 spiro atoms. The van der Waals surface area contributed by atoms with E-state index in [1.165, 1.54) is 11.1 Å². The summed E-state index contributed by atoms with van der Waals surface area (Å²) in [4.78, 5) is 20.9. The minimum atomic E-state index is -0.508. The van der Waals surface area contributed by atoms with Crippen molar-refractivity contribution in [3.05, 3.63) is 141 Å². The maximum absolute atomic E-state index is 11.4. The van der Waals surface area contributed by atoms with Crippen molar-refractivity contribution in [3.8, 4) is 22.3 Å². The molecule has 0 aliphatic carbocycles. The van der Waals surface area contributed by atoms with Gasteiger partial charge in [0.05, 0.1) is 5.88 Å². The standard InChI is InChI=1S/C15H13Cl2NO.C13H12ClN.C7H7Cl.C2H2Cl2O/c1-10-5-6-14(18-15(19)9-16)13(7-10)11-3-2-4-12(17)8-11;1-9-5-6-13(15)12(7-9)10-3-2-4-11(14)8-10;1-6-3-2-4-7(8)5-6;3-1-2(4)5/h2-8H,9H2,1H3,(H,18,19);2-8H,15H2,1H3;2-5H,1H3;1H2. The summed E-state index contributed by atoms with van der Waals surface area (Å²) in [6, 6.07) is 34.8. The fourth-order valence-electron chi connectivity index (χ4n) is 4.03. The Labute approximate surface area is 306 Å². The van der Waals surface area contributed by atoms with Crippen LogP contribution in [0.3, 0.4) is 0 Å². The van der Waals surface area contributed by atoms with E-state index in [4.69, 9.17) is 75.3 Å². The number of halogens is 6. The molecular weight excluding hydrogens is 717 g/mol. The quantitative estimate of drug-likeness (QED) is 0.107. The Morgan fingerprint density at radius 2 is 1.04 bits per heavy atom. The van der Waals surface area contributed by atoms with Crippen LogP contribution in [0.15, 0.2) is 109 Å². The second-order valence-corrected chi connectivity index (χ2v) is 12.4. The largest absolute Gasteiger partial charge is 0.398 e. The summed E-state index contributed by atoms with van der Waals surface area (Å²) in [5.41, 5.74) is 14.9. The van der Waals surface area contributed by atoms with Crippen LogP contribution in [0.1, 0.15) is 16.7 Å². The summed E-state index contributed by atoms with van der Waals surface area (Å²) >= 11 is 32.7. The van der Waals surface area contributed by atoms with E-state index < -0.39 is 5.24 Å². The third kappa shape index (κ3) is 15.0. The predicted molar refractivity (Wildman–Crippen MR) is 205 cm³/mol. The summed E-state index contributed by atoms with van der Waals surface area (Å²) in [6.07, 6.45) is 0. The van der Waals surface area contributed by atoms with E-state index in [1.54, 1.807) is 0 Å². The third-order valence-corrected chi connectivity index (χ3v) is 7.60. The number of hydrogen-bond acceptors (Lipinski definition) is 3.